The molecule has 1 saturated heterocycles. The Balaban J connectivity index is 2.36. The Labute approximate surface area is 337 Å². The van der Waals surface area contributed by atoms with E-state index in [0.717, 1.165) is 64.2 Å². The summed E-state index contributed by atoms with van der Waals surface area (Å²) in [5.41, 5.74) is 0. The summed E-state index contributed by atoms with van der Waals surface area (Å²) in [6.07, 6.45) is 36.1. The quantitative estimate of drug-likeness (QED) is 0.0268. The molecule has 1 rings (SSSR count). The van der Waals surface area contributed by atoms with E-state index < -0.39 is 49.5 Å². The van der Waals surface area contributed by atoms with E-state index >= 15 is 0 Å². The zero-order valence-corrected chi connectivity index (χ0v) is 35.4. The second-order valence-electron chi connectivity index (χ2n) is 16.2. The normalized spacial score (nSPS) is 21.5. The van der Waals surface area contributed by atoms with Crippen LogP contribution < -0.4 is 5.32 Å². The smallest absolute Gasteiger partial charge is 0.220 e. The van der Waals surface area contributed by atoms with Crippen molar-refractivity contribution in [3.05, 3.63) is 24.3 Å². The first kappa shape index (κ1) is 51.7. The van der Waals surface area contributed by atoms with Crippen LogP contribution in [0.2, 0.25) is 0 Å². The predicted molar refractivity (Wildman–Crippen MR) is 226 cm³/mol. The molecular formula is C46H87NO8. The van der Waals surface area contributed by atoms with Crippen molar-refractivity contribution < 1.29 is 39.8 Å². The minimum Gasteiger partial charge on any atom is -0.394 e. The van der Waals surface area contributed by atoms with Gasteiger partial charge >= 0.3 is 0 Å². The van der Waals surface area contributed by atoms with Crippen molar-refractivity contribution >= 4 is 5.91 Å². The maximum atomic E-state index is 13.0. The van der Waals surface area contributed by atoms with E-state index in [4.69, 9.17) is 9.47 Å². The van der Waals surface area contributed by atoms with Crippen molar-refractivity contribution in [2.45, 2.75) is 249 Å². The number of unbranched alkanes of at least 4 members (excludes halogenated alkanes) is 24. The summed E-state index contributed by atoms with van der Waals surface area (Å²) in [5.74, 6) is -0.163. The number of ether oxygens (including phenoxy) is 2. The zero-order chi connectivity index (χ0) is 40.2. The molecule has 0 spiro atoms. The highest BCUT2D eigenvalue weighted by atomic mass is 16.7. The molecule has 1 heterocycles. The van der Waals surface area contributed by atoms with Crippen molar-refractivity contribution in [3.8, 4) is 0 Å². The van der Waals surface area contributed by atoms with Crippen molar-refractivity contribution in [3.63, 3.8) is 0 Å². The van der Waals surface area contributed by atoms with Gasteiger partial charge in [-0.15, -0.1) is 0 Å². The van der Waals surface area contributed by atoms with Gasteiger partial charge in [-0.1, -0.05) is 160 Å². The minimum atomic E-state index is -1.56. The fourth-order valence-corrected chi connectivity index (χ4v) is 7.27. The van der Waals surface area contributed by atoms with E-state index in [1.54, 1.807) is 0 Å². The highest BCUT2D eigenvalue weighted by Gasteiger charge is 2.44. The second kappa shape index (κ2) is 37.0. The van der Waals surface area contributed by atoms with Gasteiger partial charge in [0.1, 0.15) is 24.4 Å². The largest absolute Gasteiger partial charge is 0.394 e. The molecule has 0 aromatic rings. The summed E-state index contributed by atoms with van der Waals surface area (Å²) >= 11 is 0. The highest BCUT2D eigenvalue weighted by Crippen LogP contribution is 2.23. The monoisotopic (exact) mass is 782 g/mol. The number of amides is 1. The van der Waals surface area contributed by atoms with E-state index in [-0.39, 0.29) is 12.5 Å². The molecule has 0 saturated carbocycles. The summed E-state index contributed by atoms with van der Waals surface area (Å²) in [5, 5.41) is 54.3. The Hall–Kier alpha value is -1.33. The summed E-state index contributed by atoms with van der Waals surface area (Å²) < 4.78 is 11.2. The van der Waals surface area contributed by atoms with Crippen LogP contribution in [0.3, 0.4) is 0 Å². The topological polar surface area (TPSA) is 149 Å². The molecule has 2 unspecified atom stereocenters. The maximum absolute atomic E-state index is 13.0. The molecule has 324 valence electrons. The number of rotatable bonds is 38. The number of aliphatic hydroxyl groups excluding tert-OH is 5. The number of allylic oxidation sites excluding steroid dienone is 4. The van der Waals surface area contributed by atoms with Crippen LogP contribution in [-0.2, 0) is 14.3 Å². The third kappa shape index (κ3) is 27.9. The van der Waals surface area contributed by atoms with E-state index in [0.29, 0.717) is 12.8 Å². The number of aliphatic hydroxyl groups is 5. The van der Waals surface area contributed by atoms with Gasteiger partial charge in [-0.2, -0.15) is 0 Å². The van der Waals surface area contributed by atoms with Crippen molar-refractivity contribution in [2.75, 3.05) is 13.2 Å². The molecule has 9 nitrogen and oxygen atoms in total. The fourth-order valence-electron chi connectivity index (χ4n) is 7.27. The van der Waals surface area contributed by atoms with Gasteiger partial charge in [-0.05, 0) is 64.2 Å². The Morgan fingerprint density at radius 1 is 0.600 bits per heavy atom. The first-order valence-corrected chi connectivity index (χ1v) is 23.0. The van der Waals surface area contributed by atoms with Crippen LogP contribution in [0.4, 0.5) is 0 Å². The molecule has 0 aromatic heterocycles. The average Bonchev–Trinajstić information content (AvgIpc) is 3.18. The number of carbonyl (C=O) groups is 1. The van der Waals surface area contributed by atoms with Crippen LogP contribution >= 0.6 is 0 Å². The molecule has 1 fully saturated rings. The third-order valence-electron chi connectivity index (χ3n) is 11.0. The molecule has 1 aliphatic rings. The maximum Gasteiger partial charge on any atom is 0.220 e. The van der Waals surface area contributed by atoms with Crippen molar-refractivity contribution in [1.29, 1.82) is 0 Å². The standard InChI is InChI=1S/C46H87NO8/c1-3-5-7-9-11-13-15-17-19-20-22-23-25-27-29-31-33-35-40(49)39(38-54-46-45(53)44(52)43(51)41(37-48)55-46)47-42(50)36-34-32-30-28-26-24-21-18-16-14-12-10-8-6-4-2/h18,21,25,27,39-41,43-46,48-49,51-53H,3-17,19-20,22-24,26,28-38H2,1-2H3,(H,47,50)/b21-18+,27-25+/t39-,40+,41+,43+,44?,45?,46+/m0/s1. The number of nitrogens with one attached hydrogen (secondary N) is 1. The molecule has 0 bridgehead atoms. The van der Waals surface area contributed by atoms with Crippen LogP contribution in [0.15, 0.2) is 24.3 Å². The van der Waals surface area contributed by atoms with Gasteiger partial charge in [0, 0.05) is 6.42 Å². The molecule has 0 aromatic carbocycles. The molecule has 1 aliphatic heterocycles. The first-order chi connectivity index (χ1) is 26.8. The van der Waals surface area contributed by atoms with Gasteiger partial charge in [0.15, 0.2) is 6.29 Å². The second-order valence-corrected chi connectivity index (χ2v) is 16.2. The minimum absolute atomic E-state index is 0.152. The van der Waals surface area contributed by atoms with Gasteiger partial charge < -0.3 is 40.3 Å². The SMILES string of the molecule is CCCCCCCC/C=C/CCCCCCCC(=O)N[C@@H](CO[C@@H]1O[C@H](CO)[C@@H](O)C(O)C1O)[C@H](O)CCCC/C=C/CCCCCCCCCCCCC. The van der Waals surface area contributed by atoms with Gasteiger partial charge in [0.2, 0.25) is 5.91 Å². The van der Waals surface area contributed by atoms with E-state index in [1.165, 1.54) is 116 Å². The van der Waals surface area contributed by atoms with Gasteiger partial charge in [-0.3, -0.25) is 4.79 Å². The zero-order valence-electron chi connectivity index (χ0n) is 35.4. The molecule has 9 heteroatoms. The van der Waals surface area contributed by atoms with Gasteiger partial charge in [0.25, 0.3) is 0 Å². The molecule has 7 atom stereocenters. The number of hydrogen-bond donors (Lipinski definition) is 6. The van der Waals surface area contributed by atoms with Crippen LogP contribution in [0.1, 0.15) is 206 Å². The molecular weight excluding hydrogens is 695 g/mol. The Bertz CT molecular complexity index is 914. The lowest BCUT2D eigenvalue weighted by molar-refractivity contribution is -0.302. The Morgan fingerprint density at radius 3 is 1.47 bits per heavy atom. The molecule has 0 radical (unpaired) electrons. The first-order valence-electron chi connectivity index (χ1n) is 23.0. The summed E-state index contributed by atoms with van der Waals surface area (Å²) in [7, 11) is 0. The van der Waals surface area contributed by atoms with Crippen molar-refractivity contribution in [2.24, 2.45) is 0 Å². The van der Waals surface area contributed by atoms with Crippen LogP contribution in [0.25, 0.3) is 0 Å². The molecule has 6 N–H and O–H groups in total. The number of hydrogen-bond acceptors (Lipinski definition) is 8. The van der Waals surface area contributed by atoms with Gasteiger partial charge in [0.05, 0.1) is 25.4 Å². The predicted octanol–water partition coefficient (Wildman–Crippen LogP) is 9.50. The molecule has 0 aliphatic carbocycles. The summed E-state index contributed by atoms with van der Waals surface area (Å²) in [6, 6.07) is -0.736. The Kier molecular flexibility index (Phi) is 34.7. The van der Waals surface area contributed by atoms with E-state index in [9.17, 15) is 30.3 Å². The fraction of sp³-hybridized carbons (Fsp3) is 0.891. The van der Waals surface area contributed by atoms with Crippen LogP contribution in [0, 0.1) is 0 Å². The summed E-state index contributed by atoms with van der Waals surface area (Å²) in [4.78, 5) is 13.0. The van der Waals surface area contributed by atoms with Crippen molar-refractivity contribution in [1.82, 2.24) is 5.32 Å². The van der Waals surface area contributed by atoms with E-state index in [2.05, 4.69) is 43.5 Å². The Morgan fingerprint density at radius 2 is 1.02 bits per heavy atom. The summed E-state index contributed by atoms with van der Waals surface area (Å²) in [6.45, 7) is 3.81. The van der Waals surface area contributed by atoms with Crippen LogP contribution in [-0.4, -0.2) is 87.5 Å². The lowest BCUT2D eigenvalue weighted by Gasteiger charge is -2.40. The molecule has 55 heavy (non-hydrogen) atoms. The van der Waals surface area contributed by atoms with Crippen LogP contribution in [0.5, 0.6) is 0 Å². The lowest BCUT2D eigenvalue weighted by atomic mass is 9.99. The molecule has 1 amide bonds. The average molecular weight is 782 g/mol. The third-order valence-corrected chi connectivity index (χ3v) is 11.0. The van der Waals surface area contributed by atoms with E-state index in [1.807, 2.05) is 0 Å². The lowest BCUT2D eigenvalue weighted by Crippen LogP contribution is -2.60. The number of carbonyl (C=O) groups excluding carboxylic acids is 1. The highest BCUT2D eigenvalue weighted by molar-refractivity contribution is 5.76. The van der Waals surface area contributed by atoms with Gasteiger partial charge in [-0.25, -0.2) is 0 Å².